The molecule has 0 saturated carbocycles. The molecule has 19 heavy (non-hydrogen) atoms. The summed E-state index contributed by atoms with van der Waals surface area (Å²) in [6, 6.07) is 7.07. The third-order valence-electron chi connectivity index (χ3n) is 2.71. The zero-order valence-corrected chi connectivity index (χ0v) is 11.8. The maximum Gasteiger partial charge on any atom is 0.161 e. The van der Waals surface area contributed by atoms with Crippen LogP contribution < -0.4 is 5.32 Å². The molecule has 2 aromatic rings. The number of hydrogen-bond donors (Lipinski definition) is 2. The van der Waals surface area contributed by atoms with E-state index in [1.54, 1.807) is 19.1 Å². The Morgan fingerprint density at radius 2 is 2.32 bits per heavy atom. The first-order valence-corrected chi connectivity index (χ1v) is 6.90. The fraction of sp³-hybridized carbons (Fsp3) is 0.231. The average molecular weight is 294 g/mol. The van der Waals surface area contributed by atoms with E-state index in [0.29, 0.717) is 17.4 Å². The number of aromatic nitrogens is 1. The third-order valence-corrected chi connectivity index (χ3v) is 3.70. The Hall–Kier alpha value is -1.61. The lowest BCUT2D eigenvalue weighted by Gasteiger charge is -2.23. The minimum atomic E-state index is -0.992. The number of nitrogens with zero attached hydrogens (tertiary/aromatic N) is 2. The average Bonchev–Trinajstić information content (AvgIpc) is 2.92. The minimum absolute atomic E-state index is 0.168. The zero-order chi connectivity index (χ0) is 13.9. The summed E-state index contributed by atoms with van der Waals surface area (Å²) >= 11 is 7.34. The van der Waals surface area contributed by atoms with E-state index in [2.05, 4.69) is 10.3 Å². The van der Waals surface area contributed by atoms with Crippen molar-refractivity contribution in [1.82, 2.24) is 4.98 Å². The van der Waals surface area contributed by atoms with Crippen LogP contribution in [0.4, 0.5) is 5.82 Å². The Morgan fingerprint density at radius 3 is 2.95 bits per heavy atom. The van der Waals surface area contributed by atoms with Gasteiger partial charge in [-0.2, -0.15) is 16.6 Å². The molecule has 0 fully saturated rings. The lowest BCUT2D eigenvalue weighted by molar-refractivity contribution is 0.0719. The topological polar surface area (TPSA) is 68.9 Å². The highest BCUT2D eigenvalue weighted by Crippen LogP contribution is 2.24. The van der Waals surface area contributed by atoms with Crippen molar-refractivity contribution in [2.75, 3.05) is 11.9 Å². The molecule has 0 aliphatic carbocycles. The molecule has 2 aromatic heterocycles. The fourth-order valence-corrected chi connectivity index (χ4v) is 2.48. The van der Waals surface area contributed by atoms with Crippen LogP contribution in [-0.4, -0.2) is 16.6 Å². The van der Waals surface area contributed by atoms with Crippen LogP contribution in [-0.2, 0) is 5.60 Å². The molecule has 4 nitrogen and oxygen atoms in total. The molecule has 0 amide bonds. The standard InChI is InChI=1S/C13H12ClN3OS/c1-13(18,9-4-5-19-7-9)8-16-12-3-2-10(14)11(6-15)17-12/h2-5,7,18H,8H2,1H3,(H,16,17)/t13-/m0/s1. The molecular weight excluding hydrogens is 282 g/mol. The first-order valence-electron chi connectivity index (χ1n) is 5.58. The van der Waals surface area contributed by atoms with E-state index in [4.69, 9.17) is 16.9 Å². The Labute approximate surface area is 120 Å². The third kappa shape index (κ3) is 3.24. The first kappa shape index (κ1) is 13.8. The molecule has 0 spiro atoms. The van der Waals surface area contributed by atoms with Gasteiger partial charge in [0.25, 0.3) is 0 Å². The largest absolute Gasteiger partial charge is 0.384 e. The maximum absolute atomic E-state index is 10.3. The number of aliphatic hydroxyl groups is 1. The van der Waals surface area contributed by atoms with E-state index < -0.39 is 5.60 Å². The molecule has 0 aromatic carbocycles. The molecule has 98 valence electrons. The number of nitriles is 1. The number of anilines is 1. The van der Waals surface area contributed by atoms with Crippen molar-refractivity contribution in [1.29, 1.82) is 5.26 Å². The summed E-state index contributed by atoms with van der Waals surface area (Å²) < 4.78 is 0. The van der Waals surface area contributed by atoms with Gasteiger partial charge in [0.2, 0.25) is 0 Å². The Bertz CT molecular complexity index is 605. The summed E-state index contributed by atoms with van der Waals surface area (Å²) in [4.78, 5) is 4.06. The smallest absolute Gasteiger partial charge is 0.161 e. The van der Waals surface area contributed by atoms with Crippen molar-refractivity contribution < 1.29 is 5.11 Å². The van der Waals surface area contributed by atoms with Crippen LogP contribution in [0.15, 0.2) is 29.0 Å². The van der Waals surface area contributed by atoms with Crippen molar-refractivity contribution >= 4 is 28.8 Å². The molecule has 0 bridgehead atoms. The fourth-order valence-electron chi connectivity index (χ4n) is 1.55. The van der Waals surface area contributed by atoms with Gasteiger partial charge in [-0.1, -0.05) is 11.6 Å². The van der Waals surface area contributed by atoms with Crippen molar-refractivity contribution in [3.05, 3.63) is 45.2 Å². The lowest BCUT2D eigenvalue weighted by Crippen LogP contribution is -2.30. The van der Waals surface area contributed by atoms with Gasteiger partial charge in [0, 0.05) is 6.54 Å². The maximum atomic E-state index is 10.3. The molecule has 0 saturated heterocycles. The molecule has 0 unspecified atom stereocenters. The number of thiophene rings is 1. The van der Waals surface area contributed by atoms with Crippen LogP contribution in [0.3, 0.4) is 0 Å². The highest BCUT2D eigenvalue weighted by molar-refractivity contribution is 7.08. The highest BCUT2D eigenvalue weighted by atomic mass is 35.5. The molecule has 6 heteroatoms. The van der Waals surface area contributed by atoms with E-state index in [9.17, 15) is 5.11 Å². The summed E-state index contributed by atoms with van der Waals surface area (Å²) in [5.74, 6) is 0.511. The molecule has 2 heterocycles. The summed E-state index contributed by atoms with van der Waals surface area (Å²) in [7, 11) is 0. The van der Waals surface area contributed by atoms with Crippen LogP contribution in [0.25, 0.3) is 0 Å². The van der Waals surface area contributed by atoms with Crippen molar-refractivity contribution in [2.24, 2.45) is 0 Å². The normalized spacial score (nSPS) is 13.6. The highest BCUT2D eigenvalue weighted by Gasteiger charge is 2.23. The molecular formula is C13H12ClN3OS. The SMILES string of the molecule is C[C@](O)(CNc1ccc(Cl)c(C#N)n1)c1ccsc1. The van der Waals surface area contributed by atoms with Crippen LogP contribution in [0, 0.1) is 11.3 Å². The van der Waals surface area contributed by atoms with Gasteiger partial charge in [0.1, 0.15) is 17.5 Å². The number of nitrogens with one attached hydrogen (secondary N) is 1. The van der Waals surface area contributed by atoms with Crippen LogP contribution >= 0.6 is 22.9 Å². The van der Waals surface area contributed by atoms with Gasteiger partial charge in [-0.15, -0.1) is 0 Å². The monoisotopic (exact) mass is 293 g/mol. The number of halogens is 1. The zero-order valence-electron chi connectivity index (χ0n) is 10.2. The second-order valence-corrected chi connectivity index (χ2v) is 5.47. The van der Waals surface area contributed by atoms with Gasteiger partial charge in [-0.25, -0.2) is 4.98 Å². The predicted octanol–water partition coefficient (Wildman–Crippen LogP) is 2.99. The van der Waals surface area contributed by atoms with Gasteiger partial charge in [0.05, 0.1) is 5.02 Å². The Balaban J connectivity index is 2.09. The van der Waals surface area contributed by atoms with E-state index in [1.165, 1.54) is 11.3 Å². The number of hydrogen-bond acceptors (Lipinski definition) is 5. The van der Waals surface area contributed by atoms with E-state index >= 15 is 0 Å². The molecule has 2 N–H and O–H groups in total. The van der Waals surface area contributed by atoms with Gasteiger partial charge in [-0.05, 0) is 41.4 Å². The molecule has 2 rings (SSSR count). The van der Waals surface area contributed by atoms with Crippen molar-refractivity contribution in [3.8, 4) is 6.07 Å². The Kier molecular flexibility index (Phi) is 4.05. The lowest BCUT2D eigenvalue weighted by atomic mass is 9.99. The van der Waals surface area contributed by atoms with E-state index in [-0.39, 0.29) is 5.69 Å². The van der Waals surface area contributed by atoms with Gasteiger partial charge in [-0.3, -0.25) is 0 Å². The van der Waals surface area contributed by atoms with E-state index in [1.807, 2.05) is 22.9 Å². The van der Waals surface area contributed by atoms with Crippen molar-refractivity contribution in [3.63, 3.8) is 0 Å². The van der Waals surface area contributed by atoms with Crippen LogP contribution in [0.1, 0.15) is 18.2 Å². The predicted molar refractivity (Wildman–Crippen MR) is 76.3 cm³/mol. The summed E-state index contributed by atoms with van der Waals surface area (Å²) in [5.41, 5.74) is 0.0232. The Morgan fingerprint density at radius 1 is 1.53 bits per heavy atom. The number of pyridine rings is 1. The molecule has 0 aliphatic heterocycles. The van der Waals surface area contributed by atoms with E-state index in [0.717, 1.165) is 5.56 Å². The second-order valence-electron chi connectivity index (χ2n) is 4.28. The van der Waals surface area contributed by atoms with Gasteiger partial charge >= 0.3 is 0 Å². The second kappa shape index (κ2) is 5.57. The molecule has 0 radical (unpaired) electrons. The van der Waals surface area contributed by atoms with Crippen LogP contribution in [0.5, 0.6) is 0 Å². The first-order chi connectivity index (χ1) is 9.03. The minimum Gasteiger partial charge on any atom is -0.384 e. The summed E-state index contributed by atoms with van der Waals surface area (Å²) in [5, 5.41) is 26.3. The van der Waals surface area contributed by atoms with Gasteiger partial charge < -0.3 is 10.4 Å². The summed E-state index contributed by atoms with van der Waals surface area (Å²) in [6.07, 6.45) is 0. The van der Waals surface area contributed by atoms with Crippen LogP contribution in [0.2, 0.25) is 5.02 Å². The molecule has 1 atom stereocenters. The number of rotatable bonds is 4. The van der Waals surface area contributed by atoms with Gasteiger partial charge in [0.15, 0.2) is 5.69 Å². The van der Waals surface area contributed by atoms with Crippen molar-refractivity contribution in [2.45, 2.75) is 12.5 Å². The summed E-state index contributed by atoms with van der Waals surface area (Å²) in [6.45, 7) is 2.02. The molecule has 0 aliphatic rings. The quantitative estimate of drug-likeness (QED) is 0.909.